The van der Waals surface area contributed by atoms with Crippen molar-refractivity contribution in [3.8, 4) is 0 Å². The van der Waals surface area contributed by atoms with Crippen LogP contribution in [0.4, 0.5) is 4.79 Å². The van der Waals surface area contributed by atoms with Gasteiger partial charge in [0.25, 0.3) is 0 Å². The second-order valence-corrected chi connectivity index (χ2v) is 5.25. The fourth-order valence-electron chi connectivity index (χ4n) is 3.02. The number of amides is 2. The average Bonchev–Trinajstić information content (AvgIpc) is 2.86. The van der Waals surface area contributed by atoms with Crippen LogP contribution in [-0.4, -0.2) is 40.4 Å². The maximum Gasteiger partial charge on any atom is 0.320 e. The van der Waals surface area contributed by atoms with E-state index in [1.165, 1.54) is 22.2 Å². The van der Waals surface area contributed by atoms with Gasteiger partial charge in [-0.25, -0.2) is 4.79 Å². The van der Waals surface area contributed by atoms with Gasteiger partial charge in [0.15, 0.2) is 0 Å². The molecule has 0 bridgehead atoms. The average molecular weight is 271 g/mol. The van der Waals surface area contributed by atoms with Crippen molar-refractivity contribution in [2.24, 2.45) is 0 Å². The SMILES string of the molecule is CCN(CC)C(=O)N1CCc2[nH]c3ccccc3c2C1. The van der Waals surface area contributed by atoms with Gasteiger partial charge in [0.05, 0.1) is 0 Å². The zero-order valence-electron chi connectivity index (χ0n) is 12.1. The molecule has 4 nitrogen and oxygen atoms in total. The Kier molecular flexibility index (Phi) is 3.38. The number of nitrogens with one attached hydrogen (secondary N) is 1. The van der Waals surface area contributed by atoms with Gasteiger partial charge in [0.2, 0.25) is 0 Å². The highest BCUT2D eigenvalue weighted by Gasteiger charge is 2.25. The van der Waals surface area contributed by atoms with Crippen LogP contribution in [-0.2, 0) is 13.0 Å². The Bertz CT molecular complexity index is 628. The smallest absolute Gasteiger partial charge is 0.320 e. The zero-order valence-corrected chi connectivity index (χ0v) is 12.1. The number of aromatic amines is 1. The van der Waals surface area contributed by atoms with Crippen molar-refractivity contribution < 1.29 is 4.79 Å². The first-order valence-corrected chi connectivity index (χ1v) is 7.36. The molecule has 0 unspecified atom stereocenters. The molecule has 2 amide bonds. The Morgan fingerprint density at radius 1 is 1.30 bits per heavy atom. The van der Waals surface area contributed by atoms with Gasteiger partial charge < -0.3 is 14.8 Å². The van der Waals surface area contributed by atoms with Gasteiger partial charge in [0.1, 0.15) is 0 Å². The van der Waals surface area contributed by atoms with Crippen LogP contribution in [0.25, 0.3) is 10.9 Å². The van der Waals surface area contributed by atoms with Crippen LogP contribution in [0.3, 0.4) is 0 Å². The summed E-state index contributed by atoms with van der Waals surface area (Å²) in [5.74, 6) is 0. The minimum absolute atomic E-state index is 0.158. The molecule has 0 saturated carbocycles. The van der Waals surface area contributed by atoms with Gasteiger partial charge in [-0.1, -0.05) is 18.2 Å². The third-order valence-electron chi connectivity index (χ3n) is 4.19. The molecule has 0 spiro atoms. The second kappa shape index (κ2) is 5.19. The maximum atomic E-state index is 12.5. The number of nitrogens with zero attached hydrogens (tertiary/aromatic N) is 2. The van der Waals surface area contributed by atoms with Crippen LogP contribution in [0, 0.1) is 0 Å². The first kappa shape index (κ1) is 13.0. The summed E-state index contributed by atoms with van der Waals surface area (Å²) in [5, 5.41) is 1.25. The summed E-state index contributed by atoms with van der Waals surface area (Å²) in [6.45, 7) is 7.12. The number of urea groups is 1. The normalized spacial score (nSPS) is 14.4. The number of hydrogen-bond donors (Lipinski definition) is 1. The Morgan fingerprint density at radius 2 is 2.05 bits per heavy atom. The monoisotopic (exact) mass is 271 g/mol. The molecule has 0 saturated heterocycles. The van der Waals surface area contributed by atoms with E-state index in [-0.39, 0.29) is 6.03 Å². The van der Waals surface area contributed by atoms with Gasteiger partial charge in [-0.2, -0.15) is 0 Å². The summed E-state index contributed by atoms with van der Waals surface area (Å²) in [6.07, 6.45) is 0.914. The summed E-state index contributed by atoms with van der Waals surface area (Å²) in [7, 11) is 0. The molecule has 4 heteroatoms. The lowest BCUT2D eigenvalue weighted by molar-refractivity contribution is 0.152. The van der Waals surface area contributed by atoms with Crippen molar-refractivity contribution >= 4 is 16.9 Å². The molecule has 1 aromatic carbocycles. The van der Waals surface area contributed by atoms with Crippen molar-refractivity contribution in [2.45, 2.75) is 26.8 Å². The third-order valence-corrected chi connectivity index (χ3v) is 4.19. The van der Waals surface area contributed by atoms with Crippen molar-refractivity contribution in [1.29, 1.82) is 0 Å². The summed E-state index contributed by atoms with van der Waals surface area (Å²) in [4.78, 5) is 19.8. The van der Waals surface area contributed by atoms with Crippen LogP contribution in [0.5, 0.6) is 0 Å². The van der Waals surface area contributed by atoms with Crippen LogP contribution >= 0.6 is 0 Å². The largest absolute Gasteiger partial charge is 0.358 e. The van der Waals surface area contributed by atoms with E-state index in [2.05, 4.69) is 23.2 Å². The van der Waals surface area contributed by atoms with Crippen LogP contribution in [0.1, 0.15) is 25.1 Å². The standard InChI is InChI=1S/C16H21N3O/c1-3-18(4-2)16(20)19-10-9-15-13(11-19)12-7-5-6-8-14(12)17-15/h5-8,17H,3-4,9-11H2,1-2H3. The molecule has 2 aromatic rings. The topological polar surface area (TPSA) is 39.3 Å². The van der Waals surface area contributed by atoms with E-state index in [0.717, 1.165) is 26.1 Å². The van der Waals surface area contributed by atoms with Gasteiger partial charge in [-0.05, 0) is 19.9 Å². The van der Waals surface area contributed by atoms with E-state index in [9.17, 15) is 4.79 Å². The van der Waals surface area contributed by atoms with Crippen molar-refractivity contribution in [3.05, 3.63) is 35.5 Å². The number of aromatic nitrogens is 1. The van der Waals surface area contributed by atoms with Gasteiger partial charge in [0, 0.05) is 54.8 Å². The predicted molar refractivity (Wildman–Crippen MR) is 80.7 cm³/mol. The summed E-state index contributed by atoms with van der Waals surface area (Å²) < 4.78 is 0. The molecule has 0 radical (unpaired) electrons. The number of carbonyl (C=O) groups excluding carboxylic acids is 1. The number of H-pyrrole nitrogens is 1. The molecule has 0 fully saturated rings. The van der Waals surface area contributed by atoms with Gasteiger partial charge in [-0.15, -0.1) is 0 Å². The lowest BCUT2D eigenvalue weighted by Gasteiger charge is -2.32. The van der Waals surface area contributed by atoms with E-state index >= 15 is 0 Å². The quantitative estimate of drug-likeness (QED) is 0.896. The van der Waals surface area contributed by atoms with Crippen LogP contribution < -0.4 is 0 Å². The molecular weight excluding hydrogens is 250 g/mol. The van der Waals surface area contributed by atoms with Crippen LogP contribution in [0.15, 0.2) is 24.3 Å². The molecule has 106 valence electrons. The fourth-order valence-corrected chi connectivity index (χ4v) is 3.02. The lowest BCUT2D eigenvalue weighted by Crippen LogP contribution is -2.45. The molecule has 0 atom stereocenters. The maximum absolute atomic E-state index is 12.5. The summed E-state index contributed by atoms with van der Waals surface area (Å²) in [5.41, 5.74) is 3.75. The fraction of sp³-hybridized carbons (Fsp3) is 0.438. The number of para-hydroxylation sites is 1. The van der Waals surface area contributed by atoms with Crippen molar-refractivity contribution in [3.63, 3.8) is 0 Å². The molecule has 1 aliphatic rings. The molecule has 0 aliphatic carbocycles. The zero-order chi connectivity index (χ0) is 14.1. The molecule has 1 aromatic heterocycles. The van der Waals surface area contributed by atoms with Crippen molar-refractivity contribution in [1.82, 2.24) is 14.8 Å². The van der Waals surface area contributed by atoms with E-state index in [0.29, 0.717) is 6.54 Å². The second-order valence-electron chi connectivity index (χ2n) is 5.25. The molecule has 20 heavy (non-hydrogen) atoms. The third kappa shape index (κ3) is 2.05. The van der Waals surface area contributed by atoms with E-state index in [1.54, 1.807) is 0 Å². The van der Waals surface area contributed by atoms with Crippen molar-refractivity contribution in [2.75, 3.05) is 19.6 Å². The number of hydrogen-bond acceptors (Lipinski definition) is 1. The van der Waals surface area contributed by atoms with Gasteiger partial charge >= 0.3 is 6.03 Å². The lowest BCUT2D eigenvalue weighted by atomic mass is 10.0. The highest BCUT2D eigenvalue weighted by atomic mass is 16.2. The molecule has 1 aliphatic heterocycles. The molecule has 3 rings (SSSR count). The first-order valence-electron chi connectivity index (χ1n) is 7.36. The Morgan fingerprint density at radius 3 is 2.80 bits per heavy atom. The Hall–Kier alpha value is -1.97. The highest BCUT2D eigenvalue weighted by Crippen LogP contribution is 2.27. The van der Waals surface area contributed by atoms with Crippen LogP contribution in [0.2, 0.25) is 0 Å². The summed E-state index contributed by atoms with van der Waals surface area (Å²) in [6, 6.07) is 8.50. The highest BCUT2D eigenvalue weighted by molar-refractivity contribution is 5.85. The number of benzene rings is 1. The summed E-state index contributed by atoms with van der Waals surface area (Å²) >= 11 is 0. The molecule has 1 N–H and O–H groups in total. The minimum Gasteiger partial charge on any atom is -0.358 e. The number of rotatable bonds is 2. The Balaban J connectivity index is 1.89. The van der Waals surface area contributed by atoms with Gasteiger partial charge in [-0.3, -0.25) is 0 Å². The molecule has 2 heterocycles. The Labute approximate surface area is 119 Å². The van der Waals surface area contributed by atoms with E-state index in [4.69, 9.17) is 0 Å². The minimum atomic E-state index is 0.158. The number of fused-ring (bicyclic) bond motifs is 3. The molecular formula is C16H21N3O. The number of carbonyl (C=O) groups is 1. The van der Waals surface area contributed by atoms with E-state index < -0.39 is 0 Å². The first-order chi connectivity index (χ1) is 9.74. The van der Waals surface area contributed by atoms with E-state index in [1.807, 2.05) is 29.7 Å². The predicted octanol–water partition coefficient (Wildman–Crippen LogP) is 2.99.